The number of likely N-dealkylation sites (N-methyl/N-ethyl adjacent to an activating group) is 1. The molecule has 0 spiro atoms. The molecule has 0 saturated heterocycles. The number of hydrogen-bond donors (Lipinski definition) is 0. The van der Waals surface area contributed by atoms with Crippen LogP contribution < -0.4 is 4.89 Å². The molecule has 2 unspecified atom stereocenters. The van der Waals surface area contributed by atoms with Gasteiger partial charge in [0.1, 0.15) is 19.8 Å². The first-order valence-electron chi connectivity index (χ1n) is 35.2. The van der Waals surface area contributed by atoms with Gasteiger partial charge in [0.15, 0.2) is 6.10 Å². The lowest BCUT2D eigenvalue weighted by molar-refractivity contribution is -0.870. The SMILES string of the molecule is CC/C=C\C/C=C\C/C=C\C/C=C\C/C=C\C/C=C\C/C=C\C/C=C\C/C=C\C/C=C\CCCCCCCCCCC(=O)OC(COC(=O)CCCCCCCCCCCCCCCCCCCCCCCCC)COP(=O)([O-])OCC[N+](C)(C)C. The quantitative estimate of drug-likeness (QED) is 0.0195. The average molecular weight is 1220 g/mol. The number of nitrogens with zero attached hydrogens (tertiary/aromatic N) is 1. The Morgan fingerprint density at radius 1 is 0.372 bits per heavy atom. The summed E-state index contributed by atoms with van der Waals surface area (Å²) in [5.74, 6) is -0.838. The number of quaternary nitrogens is 1. The summed E-state index contributed by atoms with van der Waals surface area (Å²) in [6.07, 6.45) is 94.2. The highest BCUT2D eigenvalue weighted by molar-refractivity contribution is 7.45. The zero-order valence-electron chi connectivity index (χ0n) is 56.2. The summed E-state index contributed by atoms with van der Waals surface area (Å²) in [7, 11) is 1.16. The van der Waals surface area contributed by atoms with Crippen molar-refractivity contribution in [2.75, 3.05) is 47.5 Å². The number of allylic oxidation sites excluding steroid dienone is 20. The lowest BCUT2D eigenvalue weighted by atomic mass is 10.0. The van der Waals surface area contributed by atoms with Crippen LogP contribution in [-0.4, -0.2) is 70.0 Å². The molecule has 0 aliphatic rings. The molecule has 0 bridgehead atoms. The fourth-order valence-electron chi connectivity index (χ4n) is 9.63. The van der Waals surface area contributed by atoms with Crippen LogP contribution in [0.4, 0.5) is 0 Å². The number of carbonyl (C=O) groups excluding carboxylic acids is 2. The first-order valence-corrected chi connectivity index (χ1v) is 36.7. The van der Waals surface area contributed by atoms with Crippen LogP contribution in [0.3, 0.4) is 0 Å². The number of unbranched alkanes of at least 4 members (excludes halogenated alkanes) is 30. The van der Waals surface area contributed by atoms with Crippen molar-refractivity contribution in [3.8, 4) is 0 Å². The fourth-order valence-corrected chi connectivity index (χ4v) is 10.4. The monoisotopic (exact) mass is 1220 g/mol. The highest BCUT2D eigenvalue weighted by atomic mass is 31.2. The van der Waals surface area contributed by atoms with E-state index in [1.54, 1.807) is 0 Å². The first kappa shape index (κ1) is 82.4. The minimum atomic E-state index is -4.65. The van der Waals surface area contributed by atoms with Gasteiger partial charge < -0.3 is 27.9 Å². The minimum Gasteiger partial charge on any atom is -0.756 e. The summed E-state index contributed by atoms with van der Waals surface area (Å²) in [5, 5.41) is 0. The number of esters is 2. The summed E-state index contributed by atoms with van der Waals surface area (Å²) in [4.78, 5) is 38.1. The van der Waals surface area contributed by atoms with Crippen molar-refractivity contribution < 1.29 is 42.1 Å². The van der Waals surface area contributed by atoms with Crippen molar-refractivity contribution >= 4 is 19.8 Å². The Hall–Kier alpha value is -3.59. The number of hydrogen-bond acceptors (Lipinski definition) is 8. The predicted octanol–water partition coefficient (Wildman–Crippen LogP) is 22.4. The Morgan fingerprint density at radius 2 is 0.663 bits per heavy atom. The second-order valence-corrected chi connectivity index (χ2v) is 25.9. The number of ether oxygens (including phenoxy) is 2. The molecular weight excluding hydrogens is 1090 g/mol. The molecule has 0 aliphatic carbocycles. The van der Waals surface area contributed by atoms with E-state index in [0.29, 0.717) is 17.4 Å². The second kappa shape index (κ2) is 65.8. The number of rotatable bonds is 64. The Morgan fingerprint density at radius 3 is 0.988 bits per heavy atom. The summed E-state index contributed by atoms with van der Waals surface area (Å²) >= 11 is 0. The van der Waals surface area contributed by atoms with Gasteiger partial charge in [-0.15, -0.1) is 0 Å². The van der Waals surface area contributed by atoms with E-state index in [2.05, 4.69) is 135 Å². The molecule has 494 valence electrons. The van der Waals surface area contributed by atoms with E-state index in [0.717, 1.165) is 109 Å². The van der Waals surface area contributed by atoms with Gasteiger partial charge in [0, 0.05) is 12.8 Å². The third kappa shape index (κ3) is 69.5. The molecule has 0 heterocycles. The van der Waals surface area contributed by atoms with Gasteiger partial charge in [-0.2, -0.15) is 0 Å². The van der Waals surface area contributed by atoms with E-state index in [1.807, 2.05) is 21.1 Å². The molecule has 0 fully saturated rings. The van der Waals surface area contributed by atoms with Crippen molar-refractivity contribution in [2.45, 2.75) is 302 Å². The molecule has 0 amide bonds. The summed E-state index contributed by atoms with van der Waals surface area (Å²) < 4.78 is 34.3. The van der Waals surface area contributed by atoms with Gasteiger partial charge in [0.05, 0.1) is 27.7 Å². The third-order valence-electron chi connectivity index (χ3n) is 15.0. The average Bonchev–Trinajstić information content (AvgIpc) is 3.56. The van der Waals surface area contributed by atoms with Crippen molar-refractivity contribution in [3.63, 3.8) is 0 Å². The zero-order chi connectivity index (χ0) is 62.6. The molecule has 86 heavy (non-hydrogen) atoms. The summed E-state index contributed by atoms with van der Waals surface area (Å²) in [6, 6.07) is 0. The Labute approximate surface area is 530 Å². The second-order valence-electron chi connectivity index (χ2n) is 24.5. The van der Waals surface area contributed by atoms with Crippen molar-refractivity contribution in [3.05, 3.63) is 122 Å². The molecule has 0 aromatic heterocycles. The van der Waals surface area contributed by atoms with Crippen LogP contribution in [-0.2, 0) is 32.7 Å². The standard InChI is InChI=1S/C76H132NO8P/c1-6-8-10-12-14-16-18-20-22-24-26-28-30-31-32-33-34-35-36-37-38-39-40-41-42-43-44-45-47-49-51-53-55-57-59-61-63-65-67-69-76(79)85-74(73-84-86(80,81)83-71-70-77(3,4)5)72-82-75(78)68-66-64-62-60-58-56-54-52-50-48-46-29-27-25-23-21-19-17-15-13-11-9-7-2/h8,10,14,16,20,22,26,28,31-32,34-35,37-38,40-41,43-44,47,49,74H,6-7,9,11-13,15,17-19,21,23-25,27,29-30,33,36,39,42,45-46,48,50-73H2,1-5H3/b10-8-,16-14-,22-20-,28-26-,32-31-,35-34-,38-37-,41-40-,44-43-,49-47-. The smallest absolute Gasteiger partial charge is 0.306 e. The van der Waals surface area contributed by atoms with Crippen LogP contribution in [0.1, 0.15) is 296 Å². The van der Waals surface area contributed by atoms with Crippen molar-refractivity contribution in [1.82, 2.24) is 0 Å². The highest BCUT2D eigenvalue weighted by Gasteiger charge is 2.22. The first-order chi connectivity index (χ1) is 42.0. The van der Waals surface area contributed by atoms with E-state index in [-0.39, 0.29) is 32.0 Å². The minimum absolute atomic E-state index is 0.0363. The van der Waals surface area contributed by atoms with E-state index in [1.165, 1.54) is 154 Å². The molecule has 9 nitrogen and oxygen atoms in total. The number of phosphoric acid groups is 1. The molecular formula is C76H132NO8P. The number of phosphoric ester groups is 1. The molecule has 0 aromatic carbocycles. The van der Waals surface area contributed by atoms with Gasteiger partial charge in [-0.3, -0.25) is 14.2 Å². The Balaban J connectivity index is 4.10. The lowest BCUT2D eigenvalue weighted by Crippen LogP contribution is -2.37. The Bertz CT molecular complexity index is 1870. The van der Waals surface area contributed by atoms with E-state index < -0.39 is 26.5 Å². The molecule has 10 heteroatoms. The largest absolute Gasteiger partial charge is 0.756 e. The van der Waals surface area contributed by atoms with Gasteiger partial charge in [0.25, 0.3) is 7.82 Å². The van der Waals surface area contributed by atoms with Crippen LogP contribution >= 0.6 is 7.82 Å². The molecule has 0 rings (SSSR count). The number of carbonyl (C=O) groups is 2. The summed E-state index contributed by atoms with van der Waals surface area (Å²) in [5.41, 5.74) is 0. The van der Waals surface area contributed by atoms with Gasteiger partial charge >= 0.3 is 11.9 Å². The third-order valence-corrected chi connectivity index (χ3v) is 16.0. The van der Waals surface area contributed by atoms with Crippen molar-refractivity contribution in [2.24, 2.45) is 0 Å². The maximum absolute atomic E-state index is 12.9. The molecule has 0 radical (unpaired) electrons. The summed E-state index contributed by atoms with van der Waals surface area (Å²) in [6.45, 7) is 4.14. The van der Waals surface area contributed by atoms with Crippen LogP contribution in [0.2, 0.25) is 0 Å². The van der Waals surface area contributed by atoms with E-state index in [4.69, 9.17) is 18.5 Å². The lowest BCUT2D eigenvalue weighted by Gasteiger charge is -2.28. The molecule has 2 atom stereocenters. The zero-order valence-corrected chi connectivity index (χ0v) is 57.1. The normalized spacial score (nSPS) is 13.9. The van der Waals surface area contributed by atoms with Crippen LogP contribution in [0, 0.1) is 0 Å². The molecule has 0 saturated carbocycles. The predicted molar refractivity (Wildman–Crippen MR) is 369 cm³/mol. The highest BCUT2D eigenvalue weighted by Crippen LogP contribution is 2.38. The van der Waals surface area contributed by atoms with Gasteiger partial charge in [-0.25, -0.2) is 0 Å². The maximum Gasteiger partial charge on any atom is 0.306 e. The molecule has 0 aliphatic heterocycles. The molecule has 0 aromatic rings. The van der Waals surface area contributed by atoms with Crippen LogP contribution in [0.15, 0.2) is 122 Å². The maximum atomic E-state index is 12.9. The Kier molecular flexibility index (Phi) is 63.1. The topological polar surface area (TPSA) is 111 Å². The van der Waals surface area contributed by atoms with Gasteiger partial charge in [-0.1, -0.05) is 315 Å². The van der Waals surface area contributed by atoms with Gasteiger partial charge in [-0.05, 0) is 89.9 Å². The van der Waals surface area contributed by atoms with Gasteiger partial charge in [0.2, 0.25) is 0 Å². The molecule has 0 N–H and O–H groups in total. The fraction of sp³-hybridized carbons (Fsp3) is 0.711. The van der Waals surface area contributed by atoms with E-state index in [9.17, 15) is 19.0 Å². The van der Waals surface area contributed by atoms with Crippen LogP contribution in [0.25, 0.3) is 0 Å². The van der Waals surface area contributed by atoms with Crippen LogP contribution in [0.5, 0.6) is 0 Å². The van der Waals surface area contributed by atoms with Crippen molar-refractivity contribution in [1.29, 1.82) is 0 Å². The van der Waals surface area contributed by atoms with E-state index >= 15 is 0 Å².